The topological polar surface area (TPSA) is 160 Å². The Morgan fingerprint density at radius 1 is 0.864 bits per heavy atom. The summed E-state index contributed by atoms with van der Waals surface area (Å²) in [5, 5.41) is 0. The van der Waals surface area contributed by atoms with E-state index in [4.69, 9.17) is 19.2 Å². The van der Waals surface area contributed by atoms with Crippen molar-refractivity contribution in [1.29, 1.82) is 0 Å². The first-order valence-electron chi connectivity index (χ1n) is 13.6. The molecule has 2 heterocycles. The van der Waals surface area contributed by atoms with Gasteiger partial charge in [0, 0.05) is 17.4 Å². The highest BCUT2D eigenvalue weighted by atomic mass is 17.2. The van der Waals surface area contributed by atoms with Gasteiger partial charge in [-0.05, 0) is 48.4 Å². The van der Waals surface area contributed by atoms with Crippen molar-refractivity contribution in [2.75, 3.05) is 6.61 Å². The van der Waals surface area contributed by atoms with Crippen molar-refractivity contribution in [3.8, 4) is 0 Å². The Labute approximate surface area is 248 Å². The van der Waals surface area contributed by atoms with Crippen LogP contribution in [0.1, 0.15) is 76.3 Å². The number of hydrogen-bond acceptors (Lipinski definition) is 10. The molecule has 1 fully saturated rings. The van der Waals surface area contributed by atoms with Gasteiger partial charge in [-0.2, -0.15) is 0 Å². The number of benzene rings is 3. The molecule has 0 unspecified atom stereocenters. The van der Waals surface area contributed by atoms with Crippen LogP contribution in [0.15, 0.2) is 88.5 Å². The summed E-state index contributed by atoms with van der Waals surface area (Å²) in [6, 6.07) is 21.2. The number of carbonyl (C=O) groups is 4. The SMILES string of the molecule is Cc1c(C=O)n([C@@H]2O[C@@H](COC(=O)c3ccccc3)[C@H]3c4ccc(C(=O)OOC(=O)c5ccccc5)c(c4)[C@@H]32)c(=O)[nH]c1=O. The number of esters is 1. The Morgan fingerprint density at radius 3 is 2.16 bits per heavy atom. The van der Waals surface area contributed by atoms with Crippen molar-refractivity contribution in [2.24, 2.45) is 0 Å². The minimum Gasteiger partial charge on any atom is -0.459 e. The third kappa shape index (κ3) is 5.01. The Balaban J connectivity index is 1.33. The van der Waals surface area contributed by atoms with E-state index in [-0.39, 0.29) is 29.0 Å². The molecular weight excluding hydrogens is 572 g/mol. The number of fused-ring (bicyclic) bond motifs is 5. The summed E-state index contributed by atoms with van der Waals surface area (Å²) >= 11 is 0. The van der Waals surface area contributed by atoms with E-state index >= 15 is 0 Å². The van der Waals surface area contributed by atoms with Crippen molar-refractivity contribution >= 4 is 24.2 Å². The summed E-state index contributed by atoms with van der Waals surface area (Å²) in [5.74, 6) is -3.72. The van der Waals surface area contributed by atoms with Gasteiger partial charge in [-0.1, -0.05) is 48.5 Å². The molecule has 1 aromatic heterocycles. The maximum absolute atomic E-state index is 13.2. The third-order valence-electron chi connectivity index (χ3n) is 7.83. The number of rotatable bonds is 7. The normalized spacial score (nSPS) is 19.6. The second-order valence-electron chi connectivity index (χ2n) is 10.3. The summed E-state index contributed by atoms with van der Waals surface area (Å²) in [6.45, 7) is 1.18. The number of aldehydes is 1. The van der Waals surface area contributed by atoms with Crippen LogP contribution in [0.4, 0.5) is 0 Å². The first-order chi connectivity index (χ1) is 21.3. The van der Waals surface area contributed by atoms with Crippen LogP contribution < -0.4 is 11.2 Å². The zero-order chi connectivity index (χ0) is 31.0. The van der Waals surface area contributed by atoms with E-state index < -0.39 is 53.3 Å². The highest BCUT2D eigenvalue weighted by molar-refractivity contribution is 5.94. The maximum Gasteiger partial charge on any atom is 0.386 e. The lowest BCUT2D eigenvalue weighted by Gasteiger charge is -2.23. The molecule has 12 nitrogen and oxygen atoms in total. The molecule has 4 atom stereocenters. The molecule has 222 valence electrons. The second-order valence-corrected chi connectivity index (χ2v) is 10.3. The molecular formula is C32H24N2O10. The fraction of sp³-hybridized carbons (Fsp3) is 0.188. The molecule has 2 aliphatic rings. The molecule has 0 radical (unpaired) electrons. The van der Waals surface area contributed by atoms with Gasteiger partial charge in [0.25, 0.3) is 5.56 Å². The van der Waals surface area contributed by atoms with Gasteiger partial charge in [0.05, 0.1) is 22.4 Å². The van der Waals surface area contributed by atoms with Gasteiger partial charge in [0.1, 0.15) is 18.9 Å². The highest BCUT2D eigenvalue weighted by Gasteiger charge is 2.53. The third-order valence-corrected chi connectivity index (χ3v) is 7.83. The molecule has 6 rings (SSSR count). The van der Waals surface area contributed by atoms with E-state index in [9.17, 15) is 28.8 Å². The Hall–Kier alpha value is -5.62. The zero-order valence-corrected chi connectivity index (χ0v) is 23.1. The van der Waals surface area contributed by atoms with Crippen LogP contribution >= 0.6 is 0 Å². The smallest absolute Gasteiger partial charge is 0.386 e. The summed E-state index contributed by atoms with van der Waals surface area (Å²) in [7, 11) is 0. The van der Waals surface area contributed by atoms with Gasteiger partial charge in [0.15, 0.2) is 6.29 Å². The number of ether oxygens (including phenoxy) is 2. The van der Waals surface area contributed by atoms with Crippen LogP contribution in [0.2, 0.25) is 0 Å². The van der Waals surface area contributed by atoms with E-state index in [2.05, 4.69) is 4.98 Å². The molecule has 1 aliphatic carbocycles. The highest BCUT2D eigenvalue weighted by Crippen LogP contribution is 2.56. The number of nitrogens with one attached hydrogen (secondary N) is 1. The van der Waals surface area contributed by atoms with E-state index in [1.54, 1.807) is 60.7 Å². The number of aromatic nitrogens is 2. The number of H-pyrrole nitrogens is 1. The average Bonchev–Trinajstić information content (AvgIpc) is 3.56. The molecule has 3 aromatic carbocycles. The number of carbonyl (C=O) groups excluding carboxylic acids is 4. The largest absolute Gasteiger partial charge is 0.459 e. The van der Waals surface area contributed by atoms with Gasteiger partial charge < -0.3 is 9.47 Å². The molecule has 0 spiro atoms. The molecule has 12 heteroatoms. The van der Waals surface area contributed by atoms with Gasteiger partial charge in [0.2, 0.25) is 0 Å². The molecule has 2 bridgehead atoms. The standard InChI is InChI=1S/C32H24N2O10/c1-17-23(15-35)34(32(40)33-27(17)36)28-26-22-14-20(25(26)24(42-28)16-41-29(37)18-8-4-2-5-9-18)12-13-21(22)31(39)44-43-30(38)19-10-6-3-7-11-19/h2-15,24-26,28H,16H2,1H3,(H,33,36,40)/t24-,25+,26-,28+/m0/s1. The summed E-state index contributed by atoms with van der Waals surface area (Å²) < 4.78 is 12.9. The molecule has 4 aromatic rings. The lowest BCUT2D eigenvalue weighted by atomic mass is 9.87. The Kier molecular flexibility index (Phi) is 7.50. The van der Waals surface area contributed by atoms with Crippen LogP contribution in [0.3, 0.4) is 0 Å². The van der Waals surface area contributed by atoms with Gasteiger partial charge >= 0.3 is 23.6 Å². The number of nitrogens with zero attached hydrogens (tertiary/aromatic N) is 1. The van der Waals surface area contributed by atoms with E-state index in [1.807, 2.05) is 0 Å². The molecule has 1 saturated heterocycles. The lowest BCUT2D eigenvalue weighted by Crippen LogP contribution is -2.38. The monoisotopic (exact) mass is 596 g/mol. The number of aromatic amines is 1. The van der Waals surface area contributed by atoms with E-state index in [0.29, 0.717) is 23.0 Å². The lowest BCUT2D eigenvalue weighted by molar-refractivity contribution is -0.187. The molecule has 0 saturated carbocycles. The Bertz CT molecular complexity index is 1900. The zero-order valence-electron chi connectivity index (χ0n) is 23.1. The Morgan fingerprint density at radius 2 is 1.50 bits per heavy atom. The average molecular weight is 597 g/mol. The summed E-state index contributed by atoms with van der Waals surface area (Å²) in [5.41, 5.74) is -0.193. The summed E-state index contributed by atoms with van der Waals surface area (Å²) in [6.07, 6.45) is -1.62. The summed E-state index contributed by atoms with van der Waals surface area (Å²) in [4.78, 5) is 87.6. The number of hydrogen-bond donors (Lipinski definition) is 1. The van der Waals surface area contributed by atoms with Crippen LogP contribution in [0, 0.1) is 6.92 Å². The van der Waals surface area contributed by atoms with Crippen LogP contribution in [-0.4, -0.2) is 46.5 Å². The first kappa shape index (κ1) is 28.5. The molecule has 1 N–H and O–H groups in total. The fourth-order valence-electron chi connectivity index (χ4n) is 5.75. The molecule has 44 heavy (non-hydrogen) atoms. The van der Waals surface area contributed by atoms with Crippen molar-refractivity contribution in [3.63, 3.8) is 0 Å². The maximum atomic E-state index is 13.2. The van der Waals surface area contributed by atoms with Crippen LogP contribution in [-0.2, 0) is 19.2 Å². The first-order valence-corrected chi connectivity index (χ1v) is 13.6. The van der Waals surface area contributed by atoms with Crippen LogP contribution in [0.25, 0.3) is 0 Å². The van der Waals surface area contributed by atoms with Crippen molar-refractivity contribution in [3.05, 3.63) is 139 Å². The molecule has 0 amide bonds. The quantitative estimate of drug-likeness (QED) is 0.145. The van der Waals surface area contributed by atoms with Crippen LogP contribution in [0.5, 0.6) is 0 Å². The molecule has 1 aliphatic heterocycles. The van der Waals surface area contributed by atoms with Gasteiger partial charge in [-0.15, -0.1) is 0 Å². The van der Waals surface area contributed by atoms with E-state index in [0.717, 1.165) is 4.57 Å². The van der Waals surface area contributed by atoms with Gasteiger partial charge in [-0.25, -0.2) is 29.0 Å². The van der Waals surface area contributed by atoms with Crippen molar-refractivity contribution < 1.29 is 38.4 Å². The predicted molar refractivity (Wildman–Crippen MR) is 151 cm³/mol. The second kappa shape index (κ2) is 11.6. The van der Waals surface area contributed by atoms with Crippen molar-refractivity contribution in [2.45, 2.75) is 31.1 Å². The van der Waals surface area contributed by atoms with Gasteiger partial charge in [-0.3, -0.25) is 19.1 Å². The van der Waals surface area contributed by atoms with E-state index in [1.165, 1.54) is 25.1 Å². The minimum absolute atomic E-state index is 0.00382. The predicted octanol–water partition coefficient (Wildman–Crippen LogP) is 3.22. The van der Waals surface area contributed by atoms with Crippen molar-refractivity contribution in [1.82, 2.24) is 9.55 Å². The minimum atomic E-state index is -1.19. The fourth-order valence-corrected chi connectivity index (χ4v) is 5.75.